The van der Waals surface area contributed by atoms with Gasteiger partial charge in [0.25, 0.3) is 0 Å². The van der Waals surface area contributed by atoms with E-state index < -0.39 is 42.2 Å². The highest BCUT2D eigenvalue weighted by Gasteiger charge is 2.27. The Morgan fingerprint density at radius 1 is 1.06 bits per heavy atom. The number of hydrogen-bond donors (Lipinski definition) is 4. The van der Waals surface area contributed by atoms with Crippen LogP contribution in [0.3, 0.4) is 0 Å². The van der Waals surface area contributed by atoms with Crippen LogP contribution in [0.4, 0.5) is 0 Å². The van der Waals surface area contributed by atoms with Crippen LogP contribution >= 0.6 is 0 Å². The maximum atomic E-state index is 10.9. The summed E-state index contributed by atoms with van der Waals surface area (Å²) < 4.78 is 4.08. The van der Waals surface area contributed by atoms with E-state index in [2.05, 4.69) is 4.74 Å². The van der Waals surface area contributed by atoms with Gasteiger partial charge in [0.05, 0.1) is 12.5 Å². The molecular weight excluding hydrogens is 240 g/mol. The van der Waals surface area contributed by atoms with E-state index in [1.54, 1.807) is 0 Å². The molecular formula is C8H8O9. The minimum absolute atomic E-state index is 0.0853. The molecule has 0 aliphatic rings. The fraction of sp³-hybridized carbons (Fsp3) is 0.250. The molecule has 0 aromatic heterocycles. The zero-order valence-corrected chi connectivity index (χ0v) is 8.19. The molecule has 0 amide bonds. The molecule has 0 aromatic carbocycles. The van der Waals surface area contributed by atoms with E-state index in [4.69, 9.17) is 20.4 Å². The summed E-state index contributed by atoms with van der Waals surface area (Å²) in [6.07, 6.45) is -2.94. The molecule has 0 rings (SSSR count). The van der Waals surface area contributed by atoms with E-state index >= 15 is 0 Å². The van der Waals surface area contributed by atoms with Crippen LogP contribution in [0.15, 0.2) is 11.8 Å². The standard InChI is InChI=1S/C8H8O9/c9-3(1-5(10)11)8(16)17-4(7(14)15)2-6(12)13/h1,4,9H,2H2,(H,10,11)(H,12,13)(H,14,15). The van der Waals surface area contributed by atoms with Crippen LogP contribution in [0, 0.1) is 0 Å². The van der Waals surface area contributed by atoms with Crippen LogP contribution in [-0.2, 0) is 23.9 Å². The Morgan fingerprint density at radius 2 is 1.59 bits per heavy atom. The third kappa shape index (κ3) is 5.77. The molecule has 0 aliphatic carbocycles. The van der Waals surface area contributed by atoms with Gasteiger partial charge in [-0.05, 0) is 0 Å². The average molecular weight is 248 g/mol. The molecule has 0 spiro atoms. The lowest BCUT2D eigenvalue weighted by Gasteiger charge is -2.10. The van der Waals surface area contributed by atoms with E-state index in [1.807, 2.05) is 0 Å². The second kappa shape index (κ2) is 6.10. The van der Waals surface area contributed by atoms with Crippen LogP contribution in [0.25, 0.3) is 0 Å². The van der Waals surface area contributed by atoms with Gasteiger partial charge in [0.2, 0.25) is 11.9 Å². The number of hydrogen-bond acceptors (Lipinski definition) is 6. The largest absolute Gasteiger partial charge is 0.502 e. The second-order valence-corrected chi connectivity index (χ2v) is 2.70. The summed E-state index contributed by atoms with van der Waals surface area (Å²) in [4.78, 5) is 41.6. The Balaban J connectivity index is 4.67. The fourth-order valence-electron chi connectivity index (χ4n) is 0.703. The van der Waals surface area contributed by atoms with E-state index in [-0.39, 0.29) is 6.08 Å². The highest BCUT2D eigenvalue weighted by atomic mass is 16.6. The quantitative estimate of drug-likeness (QED) is 0.262. The van der Waals surface area contributed by atoms with Crippen molar-refractivity contribution in [1.82, 2.24) is 0 Å². The van der Waals surface area contributed by atoms with Gasteiger partial charge in [0.1, 0.15) is 0 Å². The molecule has 0 radical (unpaired) electrons. The Kier molecular flexibility index (Phi) is 5.18. The summed E-state index contributed by atoms with van der Waals surface area (Å²) in [6, 6.07) is 0. The molecule has 0 bridgehead atoms. The summed E-state index contributed by atoms with van der Waals surface area (Å²) in [5.41, 5.74) is 0. The molecule has 0 fully saturated rings. The molecule has 0 aromatic rings. The van der Waals surface area contributed by atoms with E-state index in [0.29, 0.717) is 0 Å². The van der Waals surface area contributed by atoms with Gasteiger partial charge in [-0.2, -0.15) is 0 Å². The smallest absolute Gasteiger partial charge is 0.374 e. The minimum Gasteiger partial charge on any atom is -0.502 e. The lowest BCUT2D eigenvalue weighted by Crippen LogP contribution is -2.30. The normalized spacial score (nSPS) is 12.6. The molecule has 0 saturated carbocycles. The average Bonchev–Trinajstić information content (AvgIpc) is 2.14. The molecule has 0 heterocycles. The number of rotatable bonds is 6. The minimum atomic E-state index is -2.01. The van der Waals surface area contributed by atoms with Gasteiger partial charge in [-0.1, -0.05) is 0 Å². The van der Waals surface area contributed by atoms with Gasteiger partial charge >= 0.3 is 23.9 Å². The fourth-order valence-corrected chi connectivity index (χ4v) is 0.703. The number of carbonyl (C=O) groups excluding carboxylic acids is 1. The van der Waals surface area contributed by atoms with Crippen molar-refractivity contribution >= 4 is 23.9 Å². The lowest BCUT2D eigenvalue weighted by molar-refractivity contribution is -0.166. The number of carboxylic acid groups (broad SMARTS) is 3. The van der Waals surface area contributed by atoms with E-state index in [9.17, 15) is 19.2 Å². The third-order valence-electron chi connectivity index (χ3n) is 1.35. The number of esters is 1. The van der Waals surface area contributed by atoms with E-state index in [0.717, 1.165) is 0 Å². The Morgan fingerprint density at radius 3 is 1.94 bits per heavy atom. The van der Waals surface area contributed by atoms with Crippen molar-refractivity contribution in [2.75, 3.05) is 0 Å². The monoisotopic (exact) mass is 248 g/mol. The van der Waals surface area contributed by atoms with Crippen LogP contribution in [-0.4, -0.2) is 50.4 Å². The molecule has 4 N–H and O–H groups in total. The number of carbonyl (C=O) groups is 4. The zero-order chi connectivity index (χ0) is 13.6. The van der Waals surface area contributed by atoms with E-state index in [1.165, 1.54) is 0 Å². The highest BCUT2D eigenvalue weighted by Crippen LogP contribution is 2.03. The van der Waals surface area contributed by atoms with Gasteiger partial charge in [-0.25, -0.2) is 14.4 Å². The highest BCUT2D eigenvalue weighted by molar-refractivity contribution is 5.95. The van der Waals surface area contributed by atoms with Gasteiger partial charge in [-0.3, -0.25) is 4.79 Å². The Bertz CT molecular complexity index is 380. The van der Waals surface area contributed by atoms with Gasteiger partial charge in [0, 0.05) is 0 Å². The van der Waals surface area contributed by atoms with Crippen molar-refractivity contribution in [2.24, 2.45) is 0 Å². The summed E-state index contributed by atoms with van der Waals surface area (Å²) in [7, 11) is 0. The molecule has 9 nitrogen and oxygen atoms in total. The zero-order valence-electron chi connectivity index (χ0n) is 8.19. The van der Waals surface area contributed by atoms with Crippen molar-refractivity contribution in [3.05, 3.63) is 11.8 Å². The van der Waals surface area contributed by atoms with Crippen molar-refractivity contribution in [3.63, 3.8) is 0 Å². The molecule has 1 unspecified atom stereocenters. The number of aliphatic hydroxyl groups is 1. The van der Waals surface area contributed by atoms with Crippen molar-refractivity contribution in [2.45, 2.75) is 12.5 Å². The van der Waals surface area contributed by atoms with Crippen LogP contribution < -0.4 is 0 Å². The Hall–Kier alpha value is -2.58. The first kappa shape index (κ1) is 14.4. The maximum absolute atomic E-state index is 10.9. The molecule has 94 valence electrons. The second-order valence-electron chi connectivity index (χ2n) is 2.70. The first-order valence-electron chi connectivity index (χ1n) is 4.03. The molecule has 17 heavy (non-hydrogen) atoms. The number of aliphatic carboxylic acids is 3. The molecule has 0 aliphatic heterocycles. The van der Waals surface area contributed by atoms with Gasteiger partial charge in [0.15, 0.2) is 0 Å². The van der Waals surface area contributed by atoms with Crippen molar-refractivity contribution in [3.8, 4) is 0 Å². The van der Waals surface area contributed by atoms with Crippen molar-refractivity contribution in [1.29, 1.82) is 0 Å². The van der Waals surface area contributed by atoms with Crippen LogP contribution in [0.1, 0.15) is 6.42 Å². The molecule has 9 heteroatoms. The lowest BCUT2D eigenvalue weighted by atomic mass is 10.2. The predicted molar refractivity (Wildman–Crippen MR) is 48.1 cm³/mol. The summed E-state index contributed by atoms with van der Waals surface area (Å²) in [5, 5.41) is 33.8. The first-order valence-corrected chi connectivity index (χ1v) is 4.03. The van der Waals surface area contributed by atoms with Crippen molar-refractivity contribution < 1.29 is 44.3 Å². The Labute approximate surface area is 93.5 Å². The van der Waals surface area contributed by atoms with Crippen LogP contribution in [0.5, 0.6) is 0 Å². The number of ether oxygens (including phenoxy) is 1. The van der Waals surface area contributed by atoms with Gasteiger partial charge in [-0.15, -0.1) is 0 Å². The molecule has 1 atom stereocenters. The number of carboxylic acids is 3. The molecule has 0 saturated heterocycles. The van der Waals surface area contributed by atoms with Crippen LogP contribution in [0.2, 0.25) is 0 Å². The topological polar surface area (TPSA) is 158 Å². The SMILES string of the molecule is O=C(O)C=C(O)C(=O)OC(CC(=O)O)C(=O)O. The third-order valence-corrected chi connectivity index (χ3v) is 1.35. The van der Waals surface area contributed by atoms with Gasteiger partial charge < -0.3 is 25.2 Å². The summed E-state index contributed by atoms with van der Waals surface area (Å²) in [6.45, 7) is 0. The summed E-state index contributed by atoms with van der Waals surface area (Å²) in [5.74, 6) is -7.89. The maximum Gasteiger partial charge on any atom is 0.374 e. The number of aliphatic hydroxyl groups excluding tert-OH is 1. The first-order chi connectivity index (χ1) is 7.73. The predicted octanol–water partition coefficient (Wildman–Crippen LogP) is -1.02. The summed E-state index contributed by atoms with van der Waals surface area (Å²) >= 11 is 0.